The summed E-state index contributed by atoms with van der Waals surface area (Å²) in [5, 5.41) is 3.16. The van der Waals surface area contributed by atoms with E-state index in [1.807, 2.05) is 19.1 Å². The Bertz CT molecular complexity index is 686. The lowest BCUT2D eigenvalue weighted by atomic mass is 10.0. The second-order valence-electron chi connectivity index (χ2n) is 5.14. The molecule has 0 aliphatic carbocycles. The summed E-state index contributed by atoms with van der Waals surface area (Å²) in [5.74, 6) is -1.43. The van der Waals surface area contributed by atoms with Gasteiger partial charge in [-0.05, 0) is 36.6 Å². The minimum Gasteiger partial charge on any atom is -0.378 e. The second kappa shape index (κ2) is 6.92. The van der Waals surface area contributed by atoms with Crippen LogP contribution in [-0.4, -0.2) is 5.91 Å². The van der Waals surface area contributed by atoms with Crippen molar-refractivity contribution < 1.29 is 9.18 Å². The fourth-order valence-corrected chi connectivity index (χ4v) is 2.73. The molecule has 0 aromatic heterocycles. The van der Waals surface area contributed by atoms with Crippen LogP contribution >= 0.6 is 15.9 Å². The number of nitrogens with one attached hydrogen (secondary N) is 1. The predicted octanol–water partition coefficient (Wildman–Crippen LogP) is 4.42. The maximum Gasteiger partial charge on any atom is 0.253 e. The van der Waals surface area contributed by atoms with E-state index in [0.717, 1.165) is 12.0 Å². The topological polar surface area (TPSA) is 55.1 Å². The molecule has 0 heterocycles. The number of amides is 1. The van der Waals surface area contributed by atoms with E-state index in [1.54, 1.807) is 6.07 Å². The molecular formula is C17H18BrFN2O. The first-order chi connectivity index (χ1) is 10.4. The molecule has 2 aromatic rings. The molecular weight excluding hydrogens is 347 g/mol. The molecule has 3 N–H and O–H groups in total. The van der Waals surface area contributed by atoms with E-state index in [-0.39, 0.29) is 11.6 Å². The van der Waals surface area contributed by atoms with Crippen LogP contribution in [0.25, 0.3) is 0 Å². The Kier molecular flexibility index (Phi) is 5.19. The summed E-state index contributed by atoms with van der Waals surface area (Å²) in [4.78, 5) is 11.5. The van der Waals surface area contributed by atoms with Gasteiger partial charge in [0.15, 0.2) is 0 Å². The number of halogens is 2. The first-order valence-electron chi connectivity index (χ1n) is 7.06. The highest BCUT2D eigenvalue weighted by molar-refractivity contribution is 9.10. The molecule has 1 atom stereocenters. The zero-order chi connectivity index (χ0) is 16.3. The lowest BCUT2D eigenvalue weighted by molar-refractivity contribution is 0.0997. The largest absolute Gasteiger partial charge is 0.378 e. The van der Waals surface area contributed by atoms with Gasteiger partial charge in [0.25, 0.3) is 5.91 Å². The lowest BCUT2D eigenvalue weighted by Crippen LogP contribution is -2.18. The number of hydrogen-bond donors (Lipinski definition) is 2. The van der Waals surface area contributed by atoms with Gasteiger partial charge in [0.05, 0.1) is 11.3 Å². The van der Waals surface area contributed by atoms with E-state index in [9.17, 15) is 9.18 Å². The van der Waals surface area contributed by atoms with Gasteiger partial charge in [0.2, 0.25) is 0 Å². The minimum atomic E-state index is -0.791. The van der Waals surface area contributed by atoms with Crippen LogP contribution in [0.15, 0.2) is 40.9 Å². The van der Waals surface area contributed by atoms with Crippen molar-refractivity contribution in [2.24, 2.45) is 5.73 Å². The fourth-order valence-electron chi connectivity index (χ4n) is 2.30. The van der Waals surface area contributed by atoms with Crippen LogP contribution in [0.3, 0.4) is 0 Å². The van der Waals surface area contributed by atoms with E-state index in [2.05, 4.69) is 40.3 Å². The van der Waals surface area contributed by atoms with Crippen LogP contribution in [0.5, 0.6) is 0 Å². The van der Waals surface area contributed by atoms with E-state index >= 15 is 0 Å². The molecule has 116 valence electrons. The van der Waals surface area contributed by atoms with E-state index in [1.165, 1.54) is 11.6 Å². The van der Waals surface area contributed by atoms with E-state index in [0.29, 0.717) is 10.2 Å². The molecule has 0 saturated carbocycles. The zero-order valence-electron chi connectivity index (χ0n) is 12.5. The molecule has 0 fully saturated rings. The van der Waals surface area contributed by atoms with Crippen molar-refractivity contribution in [3.05, 3.63) is 63.4 Å². The summed E-state index contributed by atoms with van der Waals surface area (Å²) in [6.07, 6.45) is 0.977. The third-order valence-corrected chi connectivity index (χ3v) is 4.02. The Morgan fingerprint density at radius 2 is 1.95 bits per heavy atom. The summed E-state index contributed by atoms with van der Waals surface area (Å²) in [7, 11) is 0. The number of hydrogen-bond acceptors (Lipinski definition) is 2. The molecule has 2 rings (SSSR count). The summed E-state index contributed by atoms with van der Waals surface area (Å²) >= 11 is 3.23. The van der Waals surface area contributed by atoms with Gasteiger partial charge in [0.1, 0.15) is 5.82 Å². The molecule has 2 aromatic carbocycles. The summed E-state index contributed by atoms with van der Waals surface area (Å²) in [5.41, 5.74) is 7.84. The summed E-state index contributed by atoms with van der Waals surface area (Å²) < 4.78 is 14.5. The average molecular weight is 365 g/mol. The number of benzene rings is 2. The number of rotatable bonds is 5. The number of anilines is 1. The minimum absolute atomic E-state index is 0.0855. The third kappa shape index (κ3) is 3.65. The Balaban J connectivity index is 2.30. The molecule has 22 heavy (non-hydrogen) atoms. The van der Waals surface area contributed by atoms with Gasteiger partial charge in [-0.25, -0.2) is 4.39 Å². The normalized spacial score (nSPS) is 12.0. The molecule has 1 unspecified atom stereocenters. The number of nitrogens with two attached hydrogens (primary N) is 1. The predicted molar refractivity (Wildman–Crippen MR) is 90.5 cm³/mol. The number of primary amides is 1. The molecule has 3 nitrogen and oxygen atoms in total. The van der Waals surface area contributed by atoms with Crippen LogP contribution in [0.4, 0.5) is 10.1 Å². The maximum atomic E-state index is 13.9. The van der Waals surface area contributed by atoms with Crippen molar-refractivity contribution in [2.75, 3.05) is 5.32 Å². The highest BCUT2D eigenvalue weighted by Crippen LogP contribution is 2.28. The number of aryl methyl sites for hydroxylation is 1. The summed E-state index contributed by atoms with van der Waals surface area (Å²) in [6.45, 7) is 4.05. The molecule has 0 spiro atoms. The molecule has 0 bridgehead atoms. The second-order valence-corrected chi connectivity index (χ2v) is 6.05. The van der Waals surface area contributed by atoms with Crippen LogP contribution in [0, 0.1) is 5.82 Å². The Labute approximate surface area is 137 Å². The monoisotopic (exact) mass is 364 g/mol. The molecule has 5 heteroatoms. The molecule has 0 aliphatic rings. The maximum absolute atomic E-state index is 13.9. The fraction of sp³-hybridized carbons (Fsp3) is 0.235. The van der Waals surface area contributed by atoms with Gasteiger partial charge >= 0.3 is 0 Å². The SMILES string of the molecule is CCc1ccc(C(C)Nc2cc(Br)cc(F)c2C(N)=O)cc1. The van der Waals surface area contributed by atoms with Crippen molar-refractivity contribution in [2.45, 2.75) is 26.3 Å². The quantitative estimate of drug-likeness (QED) is 0.824. The van der Waals surface area contributed by atoms with Gasteiger partial charge in [0, 0.05) is 10.5 Å². The van der Waals surface area contributed by atoms with Gasteiger partial charge in [-0.3, -0.25) is 4.79 Å². The Morgan fingerprint density at radius 1 is 1.32 bits per heavy atom. The van der Waals surface area contributed by atoms with Crippen LogP contribution < -0.4 is 11.1 Å². The van der Waals surface area contributed by atoms with Gasteiger partial charge in [-0.2, -0.15) is 0 Å². The Morgan fingerprint density at radius 3 is 2.50 bits per heavy atom. The van der Waals surface area contributed by atoms with Gasteiger partial charge in [-0.15, -0.1) is 0 Å². The van der Waals surface area contributed by atoms with Crippen LogP contribution in [0.1, 0.15) is 41.4 Å². The first-order valence-corrected chi connectivity index (χ1v) is 7.86. The smallest absolute Gasteiger partial charge is 0.253 e. The van der Waals surface area contributed by atoms with Crippen molar-refractivity contribution in [3.63, 3.8) is 0 Å². The number of carbonyl (C=O) groups excluding carboxylic acids is 1. The number of carbonyl (C=O) groups is 1. The van der Waals surface area contributed by atoms with Crippen molar-refractivity contribution in [1.29, 1.82) is 0 Å². The average Bonchev–Trinajstić information content (AvgIpc) is 2.46. The standard InChI is InChI=1S/C17H18BrFN2O/c1-3-11-4-6-12(7-5-11)10(2)21-15-9-13(18)8-14(19)16(15)17(20)22/h4-10,21H,3H2,1-2H3,(H2,20,22). The van der Waals surface area contributed by atoms with E-state index in [4.69, 9.17) is 5.73 Å². The molecule has 1 amide bonds. The van der Waals surface area contributed by atoms with Crippen molar-refractivity contribution >= 4 is 27.5 Å². The highest BCUT2D eigenvalue weighted by Gasteiger charge is 2.17. The molecule has 0 aliphatic heterocycles. The van der Waals surface area contributed by atoms with Crippen molar-refractivity contribution in [3.8, 4) is 0 Å². The third-order valence-electron chi connectivity index (χ3n) is 3.56. The highest BCUT2D eigenvalue weighted by atomic mass is 79.9. The zero-order valence-corrected chi connectivity index (χ0v) is 14.1. The van der Waals surface area contributed by atoms with E-state index < -0.39 is 11.7 Å². The van der Waals surface area contributed by atoms with Crippen molar-refractivity contribution in [1.82, 2.24) is 0 Å². The molecule has 0 radical (unpaired) electrons. The summed E-state index contributed by atoms with van der Waals surface area (Å²) in [6, 6.07) is 11.0. The lowest BCUT2D eigenvalue weighted by Gasteiger charge is -2.18. The first kappa shape index (κ1) is 16.5. The van der Waals surface area contributed by atoms with Crippen LogP contribution in [-0.2, 0) is 6.42 Å². The molecule has 0 saturated heterocycles. The van der Waals surface area contributed by atoms with Crippen LogP contribution in [0.2, 0.25) is 0 Å². The van der Waals surface area contributed by atoms with Gasteiger partial charge in [-0.1, -0.05) is 47.1 Å². The Hall–Kier alpha value is -1.88. The van der Waals surface area contributed by atoms with Gasteiger partial charge < -0.3 is 11.1 Å².